The maximum absolute atomic E-state index is 5.18. The topological polar surface area (TPSA) is 26.0 Å². The van der Waals surface area contributed by atoms with Gasteiger partial charge in [-0.15, -0.1) is 0 Å². The molecule has 0 amide bonds. The summed E-state index contributed by atoms with van der Waals surface area (Å²) >= 11 is 0. The van der Waals surface area contributed by atoms with Crippen molar-refractivity contribution in [3.8, 4) is 0 Å². The van der Waals surface area contributed by atoms with Gasteiger partial charge in [-0.3, -0.25) is 0 Å². The van der Waals surface area contributed by atoms with E-state index in [2.05, 4.69) is 0 Å². The molecule has 0 saturated heterocycles. The Balaban J connectivity index is 2.32. The lowest BCUT2D eigenvalue weighted by Gasteiger charge is -1.82. The molecule has 0 aromatic carbocycles. The molecule has 0 aromatic rings. The molecule has 0 unspecified atom stereocenters. The Labute approximate surface area is 28.0 Å². The fraction of sp³-hybridized carbons (Fsp3) is 1.00. The largest absolute Gasteiger partial charge is 0.310 e. The molecule has 0 heterocycles. The normalized spacial score (nSPS) is 9.00. The van der Waals surface area contributed by atoms with Crippen LogP contribution in [-0.4, -0.2) is 13.3 Å². The van der Waals surface area contributed by atoms with E-state index in [0.717, 1.165) is 0 Å². The minimum Gasteiger partial charge on any atom is -0.310 e. The highest BCUT2D eigenvalue weighted by Gasteiger charge is 1.65. The van der Waals surface area contributed by atoms with E-state index >= 15 is 0 Å². The first-order chi connectivity index (χ1) is 1.73. The van der Waals surface area contributed by atoms with Gasteiger partial charge in [-0.25, -0.2) is 0 Å². The van der Waals surface area contributed by atoms with Gasteiger partial charge >= 0.3 is 0 Å². The lowest BCUT2D eigenvalue weighted by molar-refractivity contribution is 1.89. The van der Waals surface area contributed by atoms with Crippen molar-refractivity contribution in [2.45, 2.75) is 0 Å². The molecule has 0 aliphatic carbocycles. The fourth-order valence-electron chi connectivity index (χ4n) is 0. The van der Waals surface area contributed by atoms with Crippen LogP contribution in [0, 0.1) is 0 Å². The van der Waals surface area contributed by atoms with Gasteiger partial charge in [0.25, 0.3) is 0 Å². The smallest absolute Gasteiger partial charge is 0.0317 e. The quantitative estimate of drug-likeness (QED) is 0.421. The Kier molecular flexibility index (Phi) is 1.85. The number of nitrogens with two attached hydrogens (primary N) is 1. The van der Waals surface area contributed by atoms with Crippen LogP contribution < -0.4 is 5.50 Å². The summed E-state index contributed by atoms with van der Waals surface area (Å²) in [4.78, 5) is 0. The fourth-order valence-corrected chi connectivity index (χ4v) is 0. The first-order valence-corrected chi connectivity index (χ1v) is 3.46. The standard InChI is InChI=1S/C2H8NP/c1-4(2)3/h3H2,1-2H3. The average Bonchev–Trinajstić information content (AvgIpc) is 0.811. The molecule has 0 radical (unpaired) electrons. The minimum absolute atomic E-state index is 0.120. The van der Waals surface area contributed by atoms with Gasteiger partial charge in [0.2, 0.25) is 0 Å². The highest BCUT2D eigenvalue weighted by molar-refractivity contribution is 7.53. The molecule has 0 aliphatic heterocycles. The van der Waals surface area contributed by atoms with E-state index in [1.807, 2.05) is 13.3 Å². The van der Waals surface area contributed by atoms with E-state index in [1.54, 1.807) is 0 Å². The Bertz CT molecular complexity index is 10.8. The van der Waals surface area contributed by atoms with Crippen molar-refractivity contribution in [3.05, 3.63) is 0 Å². The molecule has 2 N–H and O–H groups in total. The lowest BCUT2D eigenvalue weighted by atomic mass is 11.9. The van der Waals surface area contributed by atoms with Gasteiger partial charge in [0.15, 0.2) is 0 Å². The summed E-state index contributed by atoms with van der Waals surface area (Å²) in [7, 11) is -0.120. The maximum atomic E-state index is 5.18. The number of hydrogen-bond acceptors (Lipinski definition) is 1. The van der Waals surface area contributed by atoms with Crippen LogP contribution in [0.4, 0.5) is 0 Å². The molecule has 0 spiro atoms. The lowest BCUT2D eigenvalue weighted by Crippen LogP contribution is -1.76. The molecule has 0 bridgehead atoms. The summed E-state index contributed by atoms with van der Waals surface area (Å²) in [5, 5.41) is 0. The molecular weight excluding hydrogens is 69.0 g/mol. The van der Waals surface area contributed by atoms with Gasteiger partial charge in [-0.1, -0.05) is 0 Å². The third kappa shape index (κ3) is 30.4. The van der Waals surface area contributed by atoms with Crippen molar-refractivity contribution in [2.24, 2.45) is 5.50 Å². The molecule has 0 aliphatic rings. The third-order valence-electron chi connectivity index (χ3n) is 0. The second-order valence-corrected chi connectivity index (χ2v) is 2.89. The number of rotatable bonds is 0. The maximum Gasteiger partial charge on any atom is -0.0317 e. The first-order valence-electron chi connectivity index (χ1n) is 1.15. The van der Waals surface area contributed by atoms with Gasteiger partial charge in [0.1, 0.15) is 0 Å². The van der Waals surface area contributed by atoms with Crippen molar-refractivity contribution in [2.75, 3.05) is 13.3 Å². The summed E-state index contributed by atoms with van der Waals surface area (Å²) in [5.41, 5.74) is 5.18. The Hall–Kier alpha value is 0.390. The zero-order chi connectivity index (χ0) is 3.58. The predicted octanol–water partition coefficient (Wildman–Crippen LogP) is 0.602. The highest BCUT2D eigenvalue weighted by Crippen LogP contribution is 2.07. The van der Waals surface area contributed by atoms with Crippen molar-refractivity contribution >= 4 is 8.07 Å². The summed E-state index contributed by atoms with van der Waals surface area (Å²) in [5.74, 6) is 0. The first kappa shape index (κ1) is 4.39. The van der Waals surface area contributed by atoms with Crippen molar-refractivity contribution in [1.82, 2.24) is 0 Å². The number of hydrogen-bond donors (Lipinski definition) is 1. The van der Waals surface area contributed by atoms with Gasteiger partial charge in [-0.05, 0) is 21.4 Å². The minimum atomic E-state index is -0.120. The van der Waals surface area contributed by atoms with E-state index in [-0.39, 0.29) is 8.07 Å². The summed E-state index contributed by atoms with van der Waals surface area (Å²) in [6.07, 6.45) is 0. The molecule has 1 nitrogen and oxygen atoms in total. The Morgan fingerprint density at radius 2 is 1.50 bits per heavy atom. The van der Waals surface area contributed by atoms with Crippen LogP contribution in [0.1, 0.15) is 0 Å². The molecule has 0 atom stereocenters. The third-order valence-corrected chi connectivity index (χ3v) is 0. The molecule has 26 valence electrons. The van der Waals surface area contributed by atoms with Crippen LogP contribution in [0.25, 0.3) is 0 Å². The van der Waals surface area contributed by atoms with E-state index < -0.39 is 0 Å². The second kappa shape index (κ2) is 1.68. The van der Waals surface area contributed by atoms with Gasteiger partial charge < -0.3 is 5.50 Å². The molecule has 0 fully saturated rings. The molecule has 0 aromatic heterocycles. The Morgan fingerprint density at radius 3 is 1.50 bits per heavy atom. The SMILES string of the molecule is CP(C)N. The average molecular weight is 77.1 g/mol. The van der Waals surface area contributed by atoms with Gasteiger partial charge in [-0.2, -0.15) is 0 Å². The zero-order valence-corrected chi connectivity index (χ0v) is 3.92. The Morgan fingerprint density at radius 1 is 1.50 bits per heavy atom. The van der Waals surface area contributed by atoms with Crippen LogP contribution in [0.2, 0.25) is 0 Å². The van der Waals surface area contributed by atoms with Crippen LogP contribution in [0.5, 0.6) is 0 Å². The van der Waals surface area contributed by atoms with E-state index in [9.17, 15) is 0 Å². The summed E-state index contributed by atoms with van der Waals surface area (Å²) in [6, 6.07) is 0. The molecular formula is C2H8NP. The molecule has 2 heteroatoms. The molecule has 4 heavy (non-hydrogen) atoms. The van der Waals surface area contributed by atoms with Crippen LogP contribution in [0.3, 0.4) is 0 Å². The summed E-state index contributed by atoms with van der Waals surface area (Å²) in [6.45, 7) is 4.02. The molecule has 0 saturated carbocycles. The second-order valence-electron chi connectivity index (χ2n) is 0.964. The van der Waals surface area contributed by atoms with Crippen LogP contribution >= 0.6 is 8.07 Å². The van der Waals surface area contributed by atoms with E-state index in [4.69, 9.17) is 5.50 Å². The van der Waals surface area contributed by atoms with Gasteiger partial charge in [0, 0.05) is 0 Å². The van der Waals surface area contributed by atoms with Gasteiger partial charge in [0.05, 0.1) is 0 Å². The van der Waals surface area contributed by atoms with Crippen molar-refractivity contribution in [1.29, 1.82) is 0 Å². The van der Waals surface area contributed by atoms with E-state index in [1.165, 1.54) is 0 Å². The zero-order valence-electron chi connectivity index (χ0n) is 3.02. The van der Waals surface area contributed by atoms with Crippen molar-refractivity contribution < 1.29 is 0 Å². The monoisotopic (exact) mass is 77.0 g/mol. The highest BCUT2D eigenvalue weighted by atomic mass is 31.1. The predicted molar refractivity (Wildman–Crippen MR) is 23.0 cm³/mol. The van der Waals surface area contributed by atoms with Crippen molar-refractivity contribution in [3.63, 3.8) is 0 Å². The van der Waals surface area contributed by atoms with Crippen LogP contribution in [-0.2, 0) is 0 Å². The molecule has 0 rings (SSSR count). The summed E-state index contributed by atoms with van der Waals surface area (Å²) < 4.78 is 0. The van der Waals surface area contributed by atoms with Crippen LogP contribution in [0.15, 0.2) is 0 Å². The van der Waals surface area contributed by atoms with E-state index in [0.29, 0.717) is 0 Å².